The highest BCUT2D eigenvalue weighted by Gasteiger charge is 2.00. The Hall–Kier alpha value is -1.06. The minimum Gasteiger partial charge on any atom is -0.496 e. The van der Waals surface area contributed by atoms with Crippen molar-refractivity contribution >= 4 is 0 Å². The quantitative estimate of drug-likeness (QED) is 0.554. The monoisotopic (exact) mass is 195 g/mol. The van der Waals surface area contributed by atoms with Crippen LogP contribution in [0.15, 0.2) is 24.3 Å². The molecule has 0 saturated heterocycles. The summed E-state index contributed by atoms with van der Waals surface area (Å²) in [6.45, 7) is 0.717. The second-order valence-corrected chi connectivity index (χ2v) is 2.97. The third-order valence-corrected chi connectivity index (χ3v) is 2.03. The third-order valence-electron chi connectivity index (χ3n) is 2.03. The van der Waals surface area contributed by atoms with Gasteiger partial charge in [0.1, 0.15) is 5.75 Å². The maximum Gasteiger partial charge on any atom is 0.122 e. The summed E-state index contributed by atoms with van der Waals surface area (Å²) in [6, 6.07) is 8.07. The van der Waals surface area contributed by atoms with Crippen LogP contribution < -0.4 is 10.2 Å². The lowest BCUT2D eigenvalue weighted by atomic mass is 10.1. The number of rotatable bonds is 6. The minimum absolute atomic E-state index is 0.717. The normalized spacial score (nSPS) is 10.1. The smallest absolute Gasteiger partial charge is 0.122 e. The van der Waals surface area contributed by atoms with Gasteiger partial charge in [-0.2, -0.15) is 0 Å². The first-order valence-corrected chi connectivity index (χ1v) is 4.79. The summed E-state index contributed by atoms with van der Waals surface area (Å²) < 4.78 is 5.25. The summed E-state index contributed by atoms with van der Waals surface area (Å²) in [5.74, 6) is 0.956. The van der Waals surface area contributed by atoms with Crippen LogP contribution in [0.25, 0.3) is 0 Å². The number of hydrogen-bond donors (Lipinski definition) is 1. The van der Waals surface area contributed by atoms with Crippen molar-refractivity contribution in [2.45, 2.75) is 12.8 Å². The molecule has 0 unspecified atom stereocenters. The highest BCUT2D eigenvalue weighted by molar-refractivity contribution is 5.33. The molecule has 0 aromatic heterocycles. The van der Waals surface area contributed by atoms with Crippen molar-refractivity contribution in [3.8, 4) is 5.75 Å². The van der Waals surface area contributed by atoms with Crippen LogP contribution in [-0.2, 0) is 11.3 Å². The fourth-order valence-corrected chi connectivity index (χ4v) is 1.35. The summed E-state index contributed by atoms with van der Waals surface area (Å²) >= 11 is 0. The standard InChI is InChI=1S/C11H17NO2/c1-12-14-9-5-7-10-6-3-4-8-11(10)13-2/h3-4,6,8,12H,5,7,9H2,1-2H3. The van der Waals surface area contributed by atoms with E-state index in [4.69, 9.17) is 9.57 Å². The van der Waals surface area contributed by atoms with Crippen molar-refractivity contribution in [3.63, 3.8) is 0 Å². The summed E-state index contributed by atoms with van der Waals surface area (Å²) in [5, 5.41) is 0. The molecule has 1 aromatic rings. The molecule has 0 aliphatic rings. The van der Waals surface area contributed by atoms with E-state index < -0.39 is 0 Å². The molecule has 14 heavy (non-hydrogen) atoms. The summed E-state index contributed by atoms with van der Waals surface area (Å²) in [7, 11) is 3.46. The van der Waals surface area contributed by atoms with Crippen LogP contribution in [0.5, 0.6) is 5.75 Å². The lowest BCUT2D eigenvalue weighted by molar-refractivity contribution is 0.0563. The zero-order valence-electron chi connectivity index (χ0n) is 8.75. The zero-order chi connectivity index (χ0) is 10.2. The number of ether oxygens (including phenoxy) is 1. The molecule has 0 spiro atoms. The lowest BCUT2D eigenvalue weighted by Crippen LogP contribution is -2.09. The minimum atomic E-state index is 0.717. The summed E-state index contributed by atoms with van der Waals surface area (Å²) in [6.07, 6.45) is 1.97. The first kappa shape index (κ1) is 11.0. The van der Waals surface area contributed by atoms with Gasteiger partial charge in [0.2, 0.25) is 0 Å². The number of benzene rings is 1. The van der Waals surface area contributed by atoms with Gasteiger partial charge in [0.25, 0.3) is 0 Å². The fraction of sp³-hybridized carbons (Fsp3) is 0.455. The van der Waals surface area contributed by atoms with E-state index in [-0.39, 0.29) is 0 Å². The van der Waals surface area contributed by atoms with E-state index in [1.54, 1.807) is 14.2 Å². The zero-order valence-corrected chi connectivity index (χ0v) is 8.75. The molecule has 0 heterocycles. The largest absolute Gasteiger partial charge is 0.496 e. The number of para-hydroxylation sites is 1. The van der Waals surface area contributed by atoms with Crippen molar-refractivity contribution in [2.24, 2.45) is 0 Å². The van der Waals surface area contributed by atoms with Crippen molar-refractivity contribution < 1.29 is 9.57 Å². The molecule has 0 radical (unpaired) electrons. The van der Waals surface area contributed by atoms with Gasteiger partial charge in [-0.05, 0) is 24.5 Å². The van der Waals surface area contributed by atoms with Gasteiger partial charge in [-0.3, -0.25) is 0 Å². The van der Waals surface area contributed by atoms with Gasteiger partial charge in [-0.15, -0.1) is 0 Å². The second-order valence-electron chi connectivity index (χ2n) is 2.97. The SMILES string of the molecule is CNOCCCc1ccccc1OC. The van der Waals surface area contributed by atoms with Gasteiger partial charge >= 0.3 is 0 Å². The van der Waals surface area contributed by atoms with Crippen LogP contribution in [0.3, 0.4) is 0 Å². The molecule has 1 rings (SSSR count). The molecule has 0 aliphatic carbocycles. The van der Waals surface area contributed by atoms with Crippen LogP contribution >= 0.6 is 0 Å². The van der Waals surface area contributed by atoms with Crippen molar-refractivity contribution in [2.75, 3.05) is 20.8 Å². The lowest BCUT2D eigenvalue weighted by Gasteiger charge is -2.07. The Balaban J connectivity index is 2.41. The number of hydroxylamine groups is 1. The maximum absolute atomic E-state index is 5.25. The highest BCUT2D eigenvalue weighted by atomic mass is 16.6. The van der Waals surface area contributed by atoms with E-state index in [0.29, 0.717) is 6.61 Å². The van der Waals surface area contributed by atoms with Gasteiger partial charge < -0.3 is 9.57 Å². The van der Waals surface area contributed by atoms with E-state index in [9.17, 15) is 0 Å². The highest BCUT2D eigenvalue weighted by Crippen LogP contribution is 2.18. The average molecular weight is 195 g/mol. The Morgan fingerprint density at radius 2 is 2.07 bits per heavy atom. The molecule has 0 atom stereocenters. The van der Waals surface area contributed by atoms with Gasteiger partial charge in [-0.25, -0.2) is 5.48 Å². The Labute approximate surface area is 85.0 Å². The first-order chi connectivity index (χ1) is 6.88. The molecule has 3 nitrogen and oxygen atoms in total. The van der Waals surface area contributed by atoms with E-state index >= 15 is 0 Å². The molecule has 1 aromatic carbocycles. The van der Waals surface area contributed by atoms with Crippen LogP contribution in [0.2, 0.25) is 0 Å². The van der Waals surface area contributed by atoms with E-state index in [1.807, 2.05) is 18.2 Å². The Morgan fingerprint density at radius 3 is 2.79 bits per heavy atom. The summed E-state index contributed by atoms with van der Waals surface area (Å²) in [4.78, 5) is 5.04. The molecule has 0 aliphatic heterocycles. The molecule has 0 amide bonds. The van der Waals surface area contributed by atoms with Crippen LogP contribution in [0, 0.1) is 0 Å². The van der Waals surface area contributed by atoms with Crippen molar-refractivity contribution in [1.82, 2.24) is 5.48 Å². The third kappa shape index (κ3) is 3.36. The molecule has 1 N–H and O–H groups in total. The molecular weight excluding hydrogens is 178 g/mol. The Bertz CT molecular complexity index is 263. The van der Waals surface area contributed by atoms with E-state index in [1.165, 1.54) is 5.56 Å². The molecule has 0 saturated carbocycles. The topological polar surface area (TPSA) is 30.5 Å². The molecule has 0 bridgehead atoms. The Kier molecular flexibility index (Phi) is 5.04. The first-order valence-electron chi connectivity index (χ1n) is 4.79. The second kappa shape index (κ2) is 6.40. The van der Waals surface area contributed by atoms with Gasteiger partial charge in [0.15, 0.2) is 0 Å². The number of methoxy groups -OCH3 is 1. The van der Waals surface area contributed by atoms with Crippen molar-refractivity contribution in [3.05, 3.63) is 29.8 Å². The van der Waals surface area contributed by atoms with E-state index in [0.717, 1.165) is 18.6 Å². The van der Waals surface area contributed by atoms with Gasteiger partial charge in [0, 0.05) is 7.05 Å². The molecular formula is C11H17NO2. The Morgan fingerprint density at radius 1 is 1.29 bits per heavy atom. The number of nitrogens with one attached hydrogen (secondary N) is 1. The maximum atomic E-state index is 5.25. The van der Waals surface area contributed by atoms with Crippen LogP contribution in [0.4, 0.5) is 0 Å². The molecule has 0 fully saturated rings. The molecule has 78 valence electrons. The fourth-order valence-electron chi connectivity index (χ4n) is 1.35. The number of aryl methyl sites for hydroxylation is 1. The van der Waals surface area contributed by atoms with Crippen LogP contribution in [0.1, 0.15) is 12.0 Å². The van der Waals surface area contributed by atoms with Gasteiger partial charge in [-0.1, -0.05) is 18.2 Å². The summed E-state index contributed by atoms with van der Waals surface area (Å²) in [5.41, 5.74) is 3.88. The van der Waals surface area contributed by atoms with Crippen molar-refractivity contribution in [1.29, 1.82) is 0 Å². The number of hydrogen-bond acceptors (Lipinski definition) is 3. The predicted octanol–water partition coefficient (Wildman–Crippen LogP) is 1.78. The van der Waals surface area contributed by atoms with E-state index in [2.05, 4.69) is 11.5 Å². The average Bonchev–Trinajstić information content (AvgIpc) is 2.25. The van der Waals surface area contributed by atoms with Gasteiger partial charge in [0.05, 0.1) is 13.7 Å². The predicted molar refractivity (Wildman–Crippen MR) is 56.3 cm³/mol. The molecule has 3 heteroatoms. The van der Waals surface area contributed by atoms with Crippen LogP contribution in [-0.4, -0.2) is 20.8 Å².